The van der Waals surface area contributed by atoms with Crippen LogP contribution < -0.4 is 10.6 Å². The number of hydrogen-bond acceptors (Lipinski definition) is 3. The number of anilines is 2. The van der Waals surface area contributed by atoms with Gasteiger partial charge in [-0.2, -0.15) is 13.2 Å². The normalized spacial score (nSPS) is 11.2. The Bertz CT molecular complexity index is 616. The van der Waals surface area contributed by atoms with Crippen molar-refractivity contribution in [3.63, 3.8) is 0 Å². The lowest BCUT2D eigenvalue weighted by Gasteiger charge is -2.14. The molecule has 0 radical (unpaired) electrons. The second-order valence-electron chi connectivity index (χ2n) is 3.60. The molecule has 4 nitrogen and oxygen atoms in total. The highest BCUT2D eigenvalue weighted by atomic mass is 35.5. The minimum Gasteiger partial charge on any atom is -0.307 e. The van der Waals surface area contributed by atoms with Gasteiger partial charge >= 0.3 is 12.2 Å². The van der Waals surface area contributed by atoms with E-state index < -0.39 is 17.8 Å². The molecular weight excluding hydrogens is 315 g/mol. The number of thiazole rings is 1. The van der Waals surface area contributed by atoms with Gasteiger partial charge in [-0.1, -0.05) is 11.6 Å². The van der Waals surface area contributed by atoms with Gasteiger partial charge in [0.05, 0.1) is 11.3 Å². The van der Waals surface area contributed by atoms with Gasteiger partial charge in [-0.15, -0.1) is 11.3 Å². The molecule has 1 aromatic carbocycles. The quantitative estimate of drug-likeness (QED) is 0.858. The summed E-state index contributed by atoms with van der Waals surface area (Å²) in [5.74, 6) is 0. The number of urea groups is 1. The number of rotatable bonds is 2. The highest BCUT2D eigenvalue weighted by molar-refractivity contribution is 7.13. The maximum atomic E-state index is 12.8. The van der Waals surface area contributed by atoms with E-state index in [2.05, 4.69) is 15.6 Å². The van der Waals surface area contributed by atoms with E-state index >= 15 is 0 Å². The Kier molecular flexibility index (Phi) is 4.15. The number of hydrogen-bond donors (Lipinski definition) is 2. The fourth-order valence-electron chi connectivity index (χ4n) is 1.40. The van der Waals surface area contributed by atoms with Crippen LogP contribution in [-0.4, -0.2) is 11.0 Å². The van der Waals surface area contributed by atoms with Gasteiger partial charge in [0.1, 0.15) is 0 Å². The molecule has 106 valence electrons. The van der Waals surface area contributed by atoms with Crippen LogP contribution in [0.4, 0.5) is 28.8 Å². The zero-order valence-electron chi connectivity index (χ0n) is 9.66. The summed E-state index contributed by atoms with van der Waals surface area (Å²) in [7, 11) is 0. The molecule has 2 aromatic rings. The lowest BCUT2D eigenvalue weighted by molar-refractivity contribution is -0.136. The van der Waals surface area contributed by atoms with Crippen LogP contribution in [0.15, 0.2) is 29.8 Å². The van der Waals surface area contributed by atoms with E-state index in [-0.39, 0.29) is 15.8 Å². The van der Waals surface area contributed by atoms with Crippen molar-refractivity contribution in [1.82, 2.24) is 4.98 Å². The number of aromatic nitrogens is 1. The summed E-state index contributed by atoms with van der Waals surface area (Å²) >= 11 is 6.69. The first-order valence-corrected chi connectivity index (χ1v) is 6.46. The van der Waals surface area contributed by atoms with Gasteiger partial charge in [0, 0.05) is 16.6 Å². The number of benzene rings is 1. The van der Waals surface area contributed by atoms with Crippen molar-refractivity contribution < 1.29 is 18.0 Å². The largest absolute Gasteiger partial charge is 0.418 e. The van der Waals surface area contributed by atoms with Gasteiger partial charge in [-0.05, 0) is 18.2 Å². The number of nitrogens with zero attached hydrogens (tertiary/aromatic N) is 1. The zero-order valence-corrected chi connectivity index (χ0v) is 11.2. The topological polar surface area (TPSA) is 54.0 Å². The smallest absolute Gasteiger partial charge is 0.307 e. The summed E-state index contributed by atoms with van der Waals surface area (Å²) in [6.07, 6.45) is -3.15. The van der Waals surface area contributed by atoms with Gasteiger partial charge in [0.25, 0.3) is 0 Å². The molecule has 9 heteroatoms. The van der Waals surface area contributed by atoms with E-state index in [1.165, 1.54) is 12.3 Å². The molecule has 0 saturated carbocycles. The van der Waals surface area contributed by atoms with Crippen LogP contribution in [0, 0.1) is 0 Å². The van der Waals surface area contributed by atoms with Crippen molar-refractivity contribution in [2.24, 2.45) is 0 Å². The van der Waals surface area contributed by atoms with Crippen molar-refractivity contribution >= 4 is 39.8 Å². The molecule has 0 spiro atoms. The standard InChI is InChI=1S/C11H7ClF3N3OS/c12-6-1-2-8(7(5-6)11(13,14)15)17-9(19)18-10-16-3-4-20-10/h1-5H,(H2,16,17,18,19). The Morgan fingerprint density at radius 2 is 2.05 bits per heavy atom. The average Bonchev–Trinajstić information content (AvgIpc) is 2.82. The molecule has 0 bridgehead atoms. The van der Waals surface area contributed by atoms with Crippen LogP contribution in [-0.2, 0) is 6.18 Å². The van der Waals surface area contributed by atoms with E-state index in [0.29, 0.717) is 0 Å². The van der Waals surface area contributed by atoms with Crippen LogP contribution >= 0.6 is 22.9 Å². The number of carbonyl (C=O) groups is 1. The minimum atomic E-state index is -4.62. The first-order valence-electron chi connectivity index (χ1n) is 5.20. The van der Waals surface area contributed by atoms with Crippen LogP contribution in [0.3, 0.4) is 0 Å². The second-order valence-corrected chi connectivity index (χ2v) is 4.94. The summed E-state index contributed by atoms with van der Waals surface area (Å²) in [5.41, 5.74) is -1.39. The second kappa shape index (κ2) is 5.68. The molecule has 2 N–H and O–H groups in total. The highest BCUT2D eigenvalue weighted by Crippen LogP contribution is 2.36. The average molecular weight is 322 g/mol. The molecule has 0 saturated heterocycles. The van der Waals surface area contributed by atoms with Crippen molar-refractivity contribution in [1.29, 1.82) is 0 Å². The SMILES string of the molecule is O=C(Nc1nccs1)Nc1ccc(Cl)cc1C(F)(F)F. The molecular formula is C11H7ClF3N3OS. The molecule has 1 aromatic heterocycles. The fourth-order valence-corrected chi connectivity index (χ4v) is 2.09. The van der Waals surface area contributed by atoms with Gasteiger partial charge in [-0.3, -0.25) is 5.32 Å². The maximum Gasteiger partial charge on any atom is 0.418 e. The van der Waals surface area contributed by atoms with Crippen molar-refractivity contribution in [2.75, 3.05) is 10.6 Å². The third-order valence-corrected chi connectivity index (χ3v) is 3.11. The van der Waals surface area contributed by atoms with Crippen molar-refractivity contribution in [3.05, 3.63) is 40.4 Å². The Morgan fingerprint density at radius 3 is 2.65 bits per heavy atom. The maximum absolute atomic E-state index is 12.8. The first kappa shape index (κ1) is 14.6. The summed E-state index contributed by atoms with van der Waals surface area (Å²) in [4.78, 5) is 15.4. The van der Waals surface area contributed by atoms with Gasteiger partial charge in [0.15, 0.2) is 5.13 Å². The highest BCUT2D eigenvalue weighted by Gasteiger charge is 2.34. The summed E-state index contributed by atoms with van der Waals surface area (Å²) < 4.78 is 38.4. The van der Waals surface area contributed by atoms with E-state index in [0.717, 1.165) is 23.5 Å². The lowest BCUT2D eigenvalue weighted by atomic mass is 10.1. The van der Waals surface area contributed by atoms with Crippen molar-refractivity contribution in [3.8, 4) is 0 Å². The third kappa shape index (κ3) is 3.61. The van der Waals surface area contributed by atoms with E-state index in [1.54, 1.807) is 5.38 Å². The molecule has 0 aliphatic rings. The fraction of sp³-hybridized carbons (Fsp3) is 0.0909. The molecule has 1 heterocycles. The number of carbonyl (C=O) groups excluding carboxylic acids is 1. The molecule has 0 unspecified atom stereocenters. The van der Waals surface area contributed by atoms with E-state index in [1.807, 2.05) is 0 Å². The lowest BCUT2D eigenvalue weighted by Crippen LogP contribution is -2.21. The third-order valence-electron chi connectivity index (χ3n) is 2.19. The van der Waals surface area contributed by atoms with E-state index in [4.69, 9.17) is 11.6 Å². The Balaban J connectivity index is 2.19. The molecule has 0 aliphatic carbocycles. The molecule has 0 atom stereocenters. The number of nitrogens with one attached hydrogen (secondary N) is 2. The van der Waals surface area contributed by atoms with Crippen LogP contribution in [0.1, 0.15) is 5.56 Å². The first-order chi connectivity index (χ1) is 9.36. The molecule has 2 amide bonds. The molecule has 2 rings (SSSR count). The minimum absolute atomic E-state index is 0.0665. The summed E-state index contributed by atoms with van der Waals surface area (Å²) in [6, 6.07) is 2.29. The van der Waals surface area contributed by atoms with E-state index in [9.17, 15) is 18.0 Å². The van der Waals surface area contributed by atoms with Crippen molar-refractivity contribution in [2.45, 2.75) is 6.18 Å². The van der Waals surface area contributed by atoms with Crippen LogP contribution in [0.25, 0.3) is 0 Å². The molecule has 0 aliphatic heterocycles. The van der Waals surface area contributed by atoms with Gasteiger partial charge < -0.3 is 5.32 Å². The van der Waals surface area contributed by atoms with Crippen LogP contribution in [0.2, 0.25) is 5.02 Å². The predicted molar refractivity (Wildman–Crippen MR) is 71.2 cm³/mol. The number of amides is 2. The van der Waals surface area contributed by atoms with Gasteiger partial charge in [0.2, 0.25) is 0 Å². The Hall–Kier alpha value is -1.80. The zero-order chi connectivity index (χ0) is 14.8. The number of alkyl halides is 3. The number of halogens is 4. The van der Waals surface area contributed by atoms with Gasteiger partial charge in [-0.25, -0.2) is 9.78 Å². The van der Waals surface area contributed by atoms with Crippen LogP contribution in [0.5, 0.6) is 0 Å². The monoisotopic (exact) mass is 321 g/mol. The predicted octanol–water partition coefficient (Wildman–Crippen LogP) is 4.46. The molecule has 0 fully saturated rings. The molecule has 20 heavy (non-hydrogen) atoms. The Labute approximate surface area is 120 Å². The summed E-state index contributed by atoms with van der Waals surface area (Å²) in [6.45, 7) is 0. The summed E-state index contributed by atoms with van der Waals surface area (Å²) in [5, 5.41) is 6.28. The Morgan fingerprint density at radius 1 is 1.30 bits per heavy atom.